The van der Waals surface area contributed by atoms with Crippen molar-refractivity contribution in [2.45, 2.75) is 53.0 Å². The van der Waals surface area contributed by atoms with Crippen molar-refractivity contribution in [2.75, 3.05) is 6.54 Å². The minimum Gasteiger partial charge on any atom is -0.330 e. The number of amides is 1. The van der Waals surface area contributed by atoms with Crippen LogP contribution in [0, 0.1) is 5.41 Å². The molecule has 1 amide bonds. The van der Waals surface area contributed by atoms with E-state index in [2.05, 4.69) is 0 Å². The van der Waals surface area contributed by atoms with Gasteiger partial charge in [0.05, 0.1) is 6.54 Å². The van der Waals surface area contributed by atoms with Gasteiger partial charge in [-0.15, -0.1) is 0 Å². The van der Waals surface area contributed by atoms with Gasteiger partial charge in [0.25, 0.3) is 0 Å². The van der Waals surface area contributed by atoms with Gasteiger partial charge in [-0.25, -0.2) is 0 Å². The molecule has 0 aromatic carbocycles. The Morgan fingerprint density at radius 2 is 1.87 bits per heavy atom. The molecule has 0 aliphatic carbocycles. The van der Waals surface area contributed by atoms with E-state index in [1.807, 2.05) is 34.6 Å². The normalized spacial score (nSPS) is 21.7. The number of rotatable bonds is 0. The molecular weight excluding hydrogens is 190 g/mol. The highest BCUT2D eigenvalue weighted by atomic mass is 16.2. The molecule has 0 saturated carbocycles. The smallest absolute Gasteiger partial charge is 0.228 e. The molecule has 0 aromatic heterocycles. The van der Waals surface area contributed by atoms with Gasteiger partial charge in [-0.2, -0.15) is 0 Å². The Hall–Kier alpha value is -0.860. The van der Waals surface area contributed by atoms with Gasteiger partial charge in [-0.3, -0.25) is 9.59 Å². The molecule has 1 rings (SSSR count). The number of hydrogen-bond acceptors (Lipinski definition) is 2. The zero-order valence-corrected chi connectivity index (χ0v) is 10.4. The van der Waals surface area contributed by atoms with Crippen LogP contribution in [0.3, 0.4) is 0 Å². The maximum Gasteiger partial charge on any atom is 0.228 e. The fourth-order valence-corrected chi connectivity index (χ4v) is 1.80. The molecule has 0 unspecified atom stereocenters. The fraction of sp³-hybridized carbons (Fsp3) is 0.833. The Kier molecular flexibility index (Phi) is 2.94. The first-order valence-corrected chi connectivity index (χ1v) is 5.48. The van der Waals surface area contributed by atoms with Crippen LogP contribution in [0.4, 0.5) is 0 Å². The van der Waals surface area contributed by atoms with E-state index in [9.17, 15) is 9.59 Å². The van der Waals surface area contributed by atoms with E-state index in [4.69, 9.17) is 0 Å². The molecule has 1 aliphatic heterocycles. The highest BCUT2D eigenvalue weighted by Gasteiger charge is 2.40. The molecule has 1 saturated heterocycles. The van der Waals surface area contributed by atoms with Crippen molar-refractivity contribution in [1.29, 1.82) is 0 Å². The average Bonchev–Trinajstić information content (AvgIpc) is 2.06. The van der Waals surface area contributed by atoms with E-state index in [-0.39, 0.29) is 23.8 Å². The third-order valence-corrected chi connectivity index (χ3v) is 2.97. The van der Waals surface area contributed by atoms with Gasteiger partial charge < -0.3 is 4.90 Å². The predicted octanol–water partition coefficient (Wildman–Crippen LogP) is 2.00. The third kappa shape index (κ3) is 2.58. The quantitative estimate of drug-likeness (QED) is 0.614. The number of hydrogen-bond donors (Lipinski definition) is 0. The van der Waals surface area contributed by atoms with Gasteiger partial charge in [0, 0.05) is 17.4 Å². The highest BCUT2D eigenvalue weighted by Crippen LogP contribution is 2.30. The van der Waals surface area contributed by atoms with E-state index >= 15 is 0 Å². The van der Waals surface area contributed by atoms with Gasteiger partial charge in [-0.05, 0) is 20.3 Å². The van der Waals surface area contributed by atoms with E-state index in [1.165, 1.54) is 0 Å². The van der Waals surface area contributed by atoms with Crippen molar-refractivity contribution in [3.8, 4) is 0 Å². The molecule has 0 atom stereocenters. The zero-order chi connectivity index (χ0) is 11.9. The van der Waals surface area contributed by atoms with E-state index in [1.54, 1.807) is 4.90 Å². The van der Waals surface area contributed by atoms with Crippen molar-refractivity contribution < 1.29 is 9.59 Å². The van der Waals surface area contributed by atoms with Crippen LogP contribution in [0.5, 0.6) is 0 Å². The summed E-state index contributed by atoms with van der Waals surface area (Å²) in [5, 5.41) is 0. The molecule has 0 spiro atoms. The number of piperidine rings is 1. The number of nitrogens with zero attached hydrogens (tertiary/aromatic N) is 1. The first-order valence-electron chi connectivity index (χ1n) is 5.48. The summed E-state index contributed by atoms with van der Waals surface area (Å²) in [6.07, 6.45) is 1.37. The third-order valence-electron chi connectivity index (χ3n) is 2.97. The Morgan fingerprint density at radius 3 is 2.33 bits per heavy atom. The lowest BCUT2D eigenvalue weighted by Crippen LogP contribution is -2.56. The lowest BCUT2D eigenvalue weighted by Gasteiger charge is -2.44. The van der Waals surface area contributed by atoms with Crippen LogP contribution in [-0.4, -0.2) is 28.7 Å². The number of Topliss-reactive ketones (excluding diaryl/α,β-unsaturated/α-hetero) is 1. The second-order valence-electron chi connectivity index (χ2n) is 5.99. The Bertz CT molecular complexity index is 286. The van der Waals surface area contributed by atoms with Crippen LogP contribution in [0.1, 0.15) is 47.5 Å². The second-order valence-corrected chi connectivity index (χ2v) is 5.99. The minimum atomic E-state index is -0.408. The van der Waals surface area contributed by atoms with Crippen LogP contribution in [0.15, 0.2) is 0 Å². The molecule has 0 aromatic rings. The maximum absolute atomic E-state index is 12.2. The van der Waals surface area contributed by atoms with Crippen molar-refractivity contribution in [2.24, 2.45) is 5.41 Å². The fourth-order valence-electron chi connectivity index (χ4n) is 1.80. The molecular formula is C12H21NO2. The first kappa shape index (κ1) is 12.2. The summed E-state index contributed by atoms with van der Waals surface area (Å²) in [4.78, 5) is 25.3. The summed E-state index contributed by atoms with van der Waals surface area (Å²) in [6.45, 7) is 10.0. The monoisotopic (exact) mass is 211 g/mol. The number of ketones is 1. The minimum absolute atomic E-state index is 0.0700. The van der Waals surface area contributed by atoms with Crippen LogP contribution < -0.4 is 0 Å². The average molecular weight is 211 g/mol. The van der Waals surface area contributed by atoms with Gasteiger partial charge >= 0.3 is 0 Å². The maximum atomic E-state index is 12.2. The van der Waals surface area contributed by atoms with Crippen LogP contribution in [0.2, 0.25) is 0 Å². The van der Waals surface area contributed by atoms with Crippen LogP contribution in [0.25, 0.3) is 0 Å². The predicted molar refractivity (Wildman–Crippen MR) is 59.5 cm³/mol. The largest absolute Gasteiger partial charge is 0.330 e. The number of likely N-dealkylation sites (tertiary alicyclic amines) is 1. The molecule has 0 N–H and O–H groups in total. The Morgan fingerprint density at radius 1 is 1.33 bits per heavy atom. The highest BCUT2D eigenvalue weighted by molar-refractivity contribution is 5.90. The standard InChI is InChI=1S/C12H21NO2/c1-11(2,3)10(15)13-8-9(14)6-7-12(13,4)5/h6-8H2,1-5H3. The number of carbonyl (C=O) groups excluding carboxylic acids is 2. The summed E-state index contributed by atoms with van der Waals surface area (Å²) in [7, 11) is 0. The van der Waals surface area contributed by atoms with Crippen molar-refractivity contribution in [3.63, 3.8) is 0 Å². The molecule has 1 fully saturated rings. The molecule has 15 heavy (non-hydrogen) atoms. The van der Waals surface area contributed by atoms with Gasteiger partial charge in [0.1, 0.15) is 0 Å². The van der Waals surface area contributed by atoms with E-state index in [0.29, 0.717) is 6.42 Å². The second kappa shape index (κ2) is 3.62. The summed E-state index contributed by atoms with van der Waals surface area (Å²) in [5.41, 5.74) is -0.590. The van der Waals surface area contributed by atoms with Crippen molar-refractivity contribution in [3.05, 3.63) is 0 Å². The molecule has 0 bridgehead atoms. The van der Waals surface area contributed by atoms with Crippen molar-refractivity contribution in [1.82, 2.24) is 4.90 Å². The lowest BCUT2D eigenvalue weighted by atomic mass is 9.85. The van der Waals surface area contributed by atoms with E-state index in [0.717, 1.165) is 6.42 Å². The molecule has 0 radical (unpaired) electrons. The SMILES string of the molecule is CC(C)(C)C(=O)N1CC(=O)CCC1(C)C. The molecule has 3 nitrogen and oxygen atoms in total. The van der Waals surface area contributed by atoms with Crippen LogP contribution >= 0.6 is 0 Å². The van der Waals surface area contributed by atoms with E-state index < -0.39 is 5.41 Å². The van der Waals surface area contributed by atoms with Gasteiger partial charge in [0.2, 0.25) is 5.91 Å². The van der Waals surface area contributed by atoms with Crippen LogP contribution in [-0.2, 0) is 9.59 Å². The zero-order valence-electron chi connectivity index (χ0n) is 10.4. The summed E-state index contributed by atoms with van der Waals surface area (Å²) >= 11 is 0. The summed E-state index contributed by atoms with van der Waals surface area (Å²) in [6, 6.07) is 0. The number of carbonyl (C=O) groups is 2. The first-order chi connectivity index (χ1) is 6.64. The summed E-state index contributed by atoms with van der Waals surface area (Å²) in [5.74, 6) is 0.243. The van der Waals surface area contributed by atoms with Crippen molar-refractivity contribution >= 4 is 11.7 Å². The molecule has 1 aliphatic rings. The molecule has 86 valence electrons. The molecule has 1 heterocycles. The summed E-state index contributed by atoms with van der Waals surface area (Å²) < 4.78 is 0. The molecule has 3 heteroatoms. The topological polar surface area (TPSA) is 37.4 Å². The Balaban J connectivity index is 2.91. The van der Waals surface area contributed by atoms with Gasteiger partial charge in [0.15, 0.2) is 5.78 Å². The van der Waals surface area contributed by atoms with Gasteiger partial charge in [-0.1, -0.05) is 20.8 Å². The Labute approximate surface area is 91.8 Å². The lowest BCUT2D eigenvalue weighted by molar-refractivity contribution is -0.151.